The minimum Gasteiger partial charge on any atom is -0.649 e. The van der Waals surface area contributed by atoms with Crippen molar-refractivity contribution in [2.75, 3.05) is 13.2 Å². The fourth-order valence-electron chi connectivity index (χ4n) is 4.32. The normalized spacial score (nSPS) is 10.8. The van der Waals surface area contributed by atoms with Crippen LogP contribution in [0, 0.1) is 5.92 Å². The van der Waals surface area contributed by atoms with Gasteiger partial charge in [-0.1, -0.05) is 110 Å². The third-order valence-electron chi connectivity index (χ3n) is 6.60. The number of carboxylic acids is 1. The summed E-state index contributed by atoms with van der Waals surface area (Å²) < 4.78 is 5.81. The predicted molar refractivity (Wildman–Crippen MR) is 150 cm³/mol. The van der Waals surface area contributed by atoms with Gasteiger partial charge in [-0.15, -0.1) is 6.54 Å². The van der Waals surface area contributed by atoms with Crippen LogP contribution < -0.4 is 34.3 Å². The van der Waals surface area contributed by atoms with Crippen molar-refractivity contribution in [2.24, 2.45) is 5.92 Å². The van der Waals surface area contributed by atoms with Crippen molar-refractivity contribution in [1.29, 1.82) is 0 Å². The number of unbranched alkanes of at least 4 members (excludes halogenated alkanes) is 14. The van der Waals surface area contributed by atoms with E-state index in [0.29, 0.717) is 25.1 Å². The van der Waals surface area contributed by atoms with Crippen molar-refractivity contribution in [3.63, 3.8) is 0 Å². The van der Waals surface area contributed by atoms with Crippen molar-refractivity contribution in [3.8, 4) is 5.75 Å². The first-order valence-corrected chi connectivity index (χ1v) is 14.7. The van der Waals surface area contributed by atoms with Gasteiger partial charge in [0.05, 0.1) is 12.5 Å². The molecule has 0 atom stereocenters. The molecule has 0 aliphatic rings. The molecule has 0 saturated heterocycles. The third-order valence-corrected chi connectivity index (χ3v) is 6.60. The van der Waals surface area contributed by atoms with Crippen LogP contribution in [0.25, 0.3) is 5.32 Å². The Morgan fingerprint density at radius 1 is 0.730 bits per heavy atom. The summed E-state index contributed by atoms with van der Waals surface area (Å²) in [6, 6.07) is 7.19. The Bertz CT molecular complexity index is 678. The van der Waals surface area contributed by atoms with E-state index >= 15 is 0 Å². The van der Waals surface area contributed by atoms with Crippen LogP contribution in [0.1, 0.15) is 140 Å². The first kappa shape index (κ1) is 36.0. The van der Waals surface area contributed by atoms with Crippen LogP contribution in [-0.4, -0.2) is 30.1 Å². The van der Waals surface area contributed by atoms with Gasteiger partial charge in [0, 0.05) is 6.42 Å². The zero-order chi connectivity index (χ0) is 26.3. The largest absolute Gasteiger partial charge is 1.00 e. The molecule has 0 aliphatic carbocycles. The molecule has 0 fully saturated rings. The van der Waals surface area contributed by atoms with E-state index in [9.17, 15) is 9.59 Å². The number of nitrogens with zero attached hydrogens (tertiary/aromatic N) is 1. The number of ether oxygens (including phenoxy) is 1. The van der Waals surface area contributed by atoms with Crippen LogP contribution in [0.2, 0.25) is 0 Å². The van der Waals surface area contributed by atoms with Gasteiger partial charge in [0.15, 0.2) is 0 Å². The monoisotopic (exact) mass is 525 g/mol. The number of carbonyl (C=O) groups excluding carboxylic acids is 1. The second-order valence-electron chi connectivity index (χ2n) is 10.5. The quantitative estimate of drug-likeness (QED) is 0.126. The molecule has 0 aliphatic heterocycles. The molecule has 0 heterocycles. The van der Waals surface area contributed by atoms with Crippen molar-refractivity contribution in [2.45, 2.75) is 129 Å². The molecule has 6 heteroatoms. The Hall–Kier alpha value is -1.04. The molecular weight excluding hydrogens is 473 g/mol. The Kier molecular flexibility index (Phi) is 24.5. The minimum atomic E-state index is -0.778. The molecule has 1 aromatic rings. The molecule has 0 bridgehead atoms. The van der Waals surface area contributed by atoms with Crippen molar-refractivity contribution in [3.05, 3.63) is 35.1 Å². The van der Waals surface area contributed by atoms with Gasteiger partial charge >= 0.3 is 35.5 Å². The molecule has 0 spiro atoms. The van der Waals surface area contributed by atoms with Gasteiger partial charge in [0.25, 0.3) is 0 Å². The van der Waals surface area contributed by atoms with Crippen LogP contribution in [0.5, 0.6) is 5.75 Å². The van der Waals surface area contributed by atoms with Crippen LogP contribution in [0.3, 0.4) is 0 Å². The van der Waals surface area contributed by atoms with Gasteiger partial charge in [-0.25, -0.2) is 0 Å². The maximum absolute atomic E-state index is 12.1. The second-order valence-corrected chi connectivity index (χ2v) is 10.5. The summed E-state index contributed by atoms with van der Waals surface area (Å²) in [4.78, 5) is 22.6. The summed E-state index contributed by atoms with van der Waals surface area (Å²) >= 11 is 0. The van der Waals surface area contributed by atoms with Gasteiger partial charge in [0.1, 0.15) is 5.75 Å². The average molecular weight is 526 g/mol. The molecule has 206 valence electrons. The van der Waals surface area contributed by atoms with Crippen molar-refractivity contribution >= 4 is 11.9 Å². The third kappa shape index (κ3) is 22.6. The zero-order valence-corrected chi connectivity index (χ0v) is 26.1. The summed E-state index contributed by atoms with van der Waals surface area (Å²) in [5.74, 6) is 0.647. The van der Waals surface area contributed by atoms with Crippen LogP contribution in [-0.2, 0) is 4.79 Å². The standard InChI is InChI=1S/C31H53NO4.Na/c1-27(2)19-15-12-10-8-6-4-3-5-7-9-11-13-18-26-36-29-23-21-28(22-24-29)31(35)32-25-17-14-16-20-30(33)34;/h21-24,27H,3-20,25-26H2,1-2H3,(H2,32,33,34,35);/q;+1/p-1. The zero-order valence-electron chi connectivity index (χ0n) is 24.1. The first-order valence-electron chi connectivity index (χ1n) is 14.7. The fourth-order valence-corrected chi connectivity index (χ4v) is 4.32. The number of carboxylic acid groups (broad SMARTS) is 1. The summed E-state index contributed by atoms with van der Waals surface area (Å²) in [5, 5.41) is 12.7. The number of aliphatic carboxylic acids is 1. The fraction of sp³-hybridized carbons (Fsp3) is 0.742. The first-order chi connectivity index (χ1) is 17.5. The maximum Gasteiger partial charge on any atom is 1.00 e. The number of hydrogen-bond donors (Lipinski definition) is 1. The van der Waals surface area contributed by atoms with Crippen LogP contribution >= 0.6 is 0 Å². The van der Waals surface area contributed by atoms with Crippen molar-refractivity contribution < 1.29 is 49.0 Å². The summed E-state index contributed by atoms with van der Waals surface area (Å²) in [6.07, 6.45) is 21.2. The van der Waals surface area contributed by atoms with Crippen LogP contribution in [0.15, 0.2) is 24.3 Å². The van der Waals surface area contributed by atoms with E-state index in [1.54, 1.807) is 12.1 Å². The van der Waals surface area contributed by atoms with E-state index in [1.807, 2.05) is 12.1 Å². The van der Waals surface area contributed by atoms with Gasteiger partial charge in [-0.05, 0) is 48.6 Å². The molecule has 37 heavy (non-hydrogen) atoms. The number of hydrogen-bond acceptors (Lipinski definition) is 3. The van der Waals surface area contributed by atoms with Gasteiger partial charge < -0.3 is 20.0 Å². The topological polar surface area (TPSA) is 77.7 Å². The Labute approximate surface area is 249 Å². The number of rotatable bonds is 24. The molecule has 1 aromatic carbocycles. The minimum absolute atomic E-state index is 0. The molecular formula is C31H52NNaO4. The van der Waals surface area contributed by atoms with Gasteiger partial charge in [0.2, 0.25) is 0 Å². The molecule has 1 rings (SSSR count). The predicted octanol–water partition coefficient (Wildman–Crippen LogP) is 6.35. The maximum atomic E-state index is 12.1. The van der Waals surface area contributed by atoms with E-state index in [2.05, 4.69) is 19.2 Å². The number of benzene rings is 1. The number of amides is 1. The van der Waals surface area contributed by atoms with Crippen LogP contribution in [0.4, 0.5) is 0 Å². The van der Waals surface area contributed by atoms with Gasteiger partial charge in [-0.2, -0.15) is 0 Å². The van der Waals surface area contributed by atoms with E-state index in [-0.39, 0.29) is 41.9 Å². The van der Waals surface area contributed by atoms with E-state index in [1.165, 1.54) is 83.5 Å². The average Bonchev–Trinajstić information content (AvgIpc) is 2.85. The molecule has 5 nitrogen and oxygen atoms in total. The molecule has 0 aromatic heterocycles. The molecule has 0 saturated carbocycles. The Morgan fingerprint density at radius 2 is 1.22 bits per heavy atom. The van der Waals surface area contributed by atoms with E-state index < -0.39 is 5.97 Å². The second kappa shape index (κ2) is 25.2. The molecule has 0 unspecified atom stereocenters. The Balaban J connectivity index is 0.0000130. The SMILES string of the molecule is CC(C)CCCCCCCCCCCCCCCOc1ccc(C(=O)[N-]CCCCCC(=O)O)cc1.[Na+]. The summed E-state index contributed by atoms with van der Waals surface area (Å²) in [7, 11) is 0. The summed E-state index contributed by atoms with van der Waals surface area (Å²) in [6.45, 7) is 5.79. The molecule has 0 radical (unpaired) electrons. The Morgan fingerprint density at radius 3 is 1.73 bits per heavy atom. The summed E-state index contributed by atoms with van der Waals surface area (Å²) in [5.41, 5.74) is 0.564. The van der Waals surface area contributed by atoms with Crippen molar-refractivity contribution in [1.82, 2.24) is 0 Å². The molecule has 1 N–H and O–H groups in total. The smallest absolute Gasteiger partial charge is 0.649 e. The van der Waals surface area contributed by atoms with E-state index in [4.69, 9.17) is 9.84 Å². The number of carbonyl (C=O) groups is 2. The van der Waals surface area contributed by atoms with Gasteiger partial charge in [-0.3, -0.25) is 4.79 Å². The molecule has 1 amide bonds. The van der Waals surface area contributed by atoms with E-state index in [0.717, 1.165) is 30.9 Å².